The average Bonchev–Trinajstić information content (AvgIpc) is 3.17. The van der Waals surface area contributed by atoms with E-state index in [1.807, 2.05) is 13.0 Å². The van der Waals surface area contributed by atoms with Crippen LogP contribution in [0.5, 0.6) is 5.75 Å². The van der Waals surface area contributed by atoms with Crippen LogP contribution in [0.2, 0.25) is 5.02 Å². The minimum absolute atomic E-state index is 0. The molecule has 2 aliphatic carbocycles. The first-order valence-corrected chi connectivity index (χ1v) is 19.6. The number of allylic oxidation sites excluding steroid dienone is 2. The molecule has 3 aliphatic heterocycles. The Morgan fingerprint density at radius 3 is 2.46 bits per heavy atom. The lowest BCUT2D eigenvalue weighted by molar-refractivity contribution is -0.122. The summed E-state index contributed by atoms with van der Waals surface area (Å²) in [7, 11) is 0.319. The predicted molar refractivity (Wildman–Crippen MR) is 202 cm³/mol. The quantitative estimate of drug-likeness (QED) is 0.369. The van der Waals surface area contributed by atoms with Crippen molar-refractivity contribution in [2.45, 2.75) is 82.9 Å². The maximum Gasteiger partial charge on any atom is 0.264 e. The summed E-state index contributed by atoms with van der Waals surface area (Å²) in [6, 6.07) is 11.3. The highest BCUT2D eigenvalue weighted by Crippen LogP contribution is 2.46. The zero-order valence-electron chi connectivity index (χ0n) is 29.4. The number of amides is 1. The normalized spacial score (nSPS) is 30.3. The van der Waals surface area contributed by atoms with E-state index in [-0.39, 0.29) is 41.9 Å². The lowest BCUT2D eigenvalue weighted by Gasteiger charge is -2.44. The third-order valence-electron chi connectivity index (χ3n) is 11.9. The van der Waals surface area contributed by atoms with Crippen LogP contribution in [0.4, 0.5) is 5.69 Å². The zero-order valence-corrected chi connectivity index (χ0v) is 31.0. The Labute approximate surface area is 304 Å². The molecule has 1 spiro atoms. The highest BCUT2D eigenvalue weighted by molar-refractivity contribution is 7.90. The Morgan fingerprint density at radius 1 is 1.06 bits per heavy atom. The van der Waals surface area contributed by atoms with Gasteiger partial charge in [0, 0.05) is 53.6 Å². The van der Waals surface area contributed by atoms with Gasteiger partial charge in [-0.1, -0.05) is 38.1 Å². The van der Waals surface area contributed by atoms with Gasteiger partial charge in [0.2, 0.25) is 10.0 Å². The van der Waals surface area contributed by atoms with E-state index in [1.165, 1.54) is 11.1 Å². The van der Waals surface area contributed by atoms with Gasteiger partial charge in [0.1, 0.15) is 5.75 Å². The van der Waals surface area contributed by atoms with Gasteiger partial charge in [0.05, 0.1) is 17.5 Å². The molecule has 0 aromatic heterocycles. The Morgan fingerprint density at radius 2 is 1.82 bits per heavy atom. The molecule has 2 bridgehead atoms. The van der Waals surface area contributed by atoms with E-state index in [1.54, 1.807) is 37.3 Å². The van der Waals surface area contributed by atoms with Crippen molar-refractivity contribution in [1.82, 2.24) is 14.9 Å². The molecule has 2 N–H and O–H groups in total. The van der Waals surface area contributed by atoms with Crippen molar-refractivity contribution < 1.29 is 22.7 Å². The molecule has 0 unspecified atom stereocenters. The fourth-order valence-electron chi connectivity index (χ4n) is 7.80. The van der Waals surface area contributed by atoms with Gasteiger partial charge in [-0.25, -0.2) is 13.1 Å². The van der Waals surface area contributed by atoms with Crippen LogP contribution in [0.25, 0.3) is 0 Å². The van der Waals surface area contributed by atoms with Gasteiger partial charge in [-0.3, -0.25) is 9.59 Å². The molecule has 2 aromatic rings. The summed E-state index contributed by atoms with van der Waals surface area (Å²) in [4.78, 5) is 31.1. The Kier molecular flexibility index (Phi) is 11.5. The summed E-state index contributed by atoms with van der Waals surface area (Å²) >= 11 is 6.37. The van der Waals surface area contributed by atoms with E-state index in [4.69, 9.17) is 16.3 Å². The number of hydrogen-bond acceptors (Lipinski definition) is 8. The summed E-state index contributed by atoms with van der Waals surface area (Å²) in [5, 5.41) is 3.16. The third-order valence-corrected chi connectivity index (χ3v) is 14.1. The van der Waals surface area contributed by atoms with E-state index in [0.29, 0.717) is 37.4 Å². The Bertz CT molecular complexity index is 1720. The molecule has 1 amide bonds. The fourth-order valence-corrected chi connectivity index (χ4v) is 9.28. The van der Waals surface area contributed by atoms with Crippen molar-refractivity contribution in [1.29, 1.82) is 0 Å². The molecule has 50 heavy (non-hydrogen) atoms. The minimum atomic E-state index is -3.93. The van der Waals surface area contributed by atoms with Gasteiger partial charge in [-0.2, -0.15) is 0 Å². The smallest absolute Gasteiger partial charge is 0.264 e. The van der Waals surface area contributed by atoms with Crippen molar-refractivity contribution >= 4 is 39.0 Å². The number of aryl methyl sites for hydroxylation is 1. The molecule has 1 saturated heterocycles. The molecule has 5 atom stereocenters. The van der Waals surface area contributed by atoms with E-state index in [2.05, 4.69) is 53.0 Å². The van der Waals surface area contributed by atoms with Gasteiger partial charge in [-0.05, 0) is 126 Å². The van der Waals surface area contributed by atoms with Gasteiger partial charge in [0.25, 0.3) is 5.91 Å². The number of anilines is 1. The predicted octanol–water partition coefficient (Wildman–Crippen LogP) is 6.00. The third kappa shape index (κ3) is 7.64. The lowest BCUT2D eigenvalue weighted by atomic mass is 9.68. The van der Waals surface area contributed by atoms with E-state index < -0.39 is 21.2 Å². The molecule has 274 valence electrons. The fraction of sp³-hybridized carbons (Fsp3) is 0.590. The first-order chi connectivity index (χ1) is 23.2. The van der Waals surface area contributed by atoms with Gasteiger partial charge >= 0.3 is 0 Å². The highest BCUT2D eigenvalue weighted by Gasteiger charge is 2.44. The van der Waals surface area contributed by atoms with Crippen molar-refractivity contribution in [2.24, 2.45) is 17.8 Å². The van der Waals surface area contributed by atoms with Crippen LogP contribution in [0.15, 0.2) is 48.6 Å². The molecule has 2 aromatic carbocycles. The number of hydrogen-bond donors (Lipinski definition) is 2. The lowest BCUT2D eigenvalue weighted by Crippen LogP contribution is -2.64. The summed E-state index contributed by atoms with van der Waals surface area (Å²) in [5.41, 5.74) is 3.67. The number of halogens is 1. The first kappa shape index (κ1) is 38.3. The highest BCUT2D eigenvalue weighted by atomic mass is 35.5. The van der Waals surface area contributed by atoms with Crippen LogP contribution >= 0.6 is 11.6 Å². The second-order valence-corrected chi connectivity index (χ2v) is 17.9. The molecular formula is C39H55ClN4O5S. The number of nitrogens with zero attached hydrogens (tertiary/aromatic N) is 2. The number of sulfonamides is 1. The summed E-state index contributed by atoms with van der Waals surface area (Å²) in [6.07, 6.45) is 8.60. The van der Waals surface area contributed by atoms with Crippen molar-refractivity contribution in [2.75, 3.05) is 51.8 Å². The number of nitrogens with one attached hydrogen (secondary N) is 2. The van der Waals surface area contributed by atoms with Crippen LogP contribution < -0.4 is 19.7 Å². The van der Waals surface area contributed by atoms with E-state index >= 15 is 0 Å². The largest absolute Gasteiger partial charge is 0.490 e. The number of likely N-dealkylation sites (N-methyl/N-ethyl adjacent to an activating group) is 1. The van der Waals surface area contributed by atoms with Gasteiger partial charge in [0.15, 0.2) is 5.78 Å². The van der Waals surface area contributed by atoms with Crippen LogP contribution in [0.3, 0.4) is 0 Å². The number of carbonyl (C=O) groups excluding carboxylic acids is 2. The molecule has 7 rings (SSSR count). The average molecular weight is 727 g/mol. The number of benzene rings is 2. The molecule has 5 aliphatic rings. The summed E-state index contributed by atoms with van der Waals surface area (Å²) in [5.74, 6) is -0.0319. The zero-order chi connectivity index (χ0) is 35.1. The first-order valence-electron chi connectivity index (χ1n) is 17.7. The molecule has 3 heterocycles. The summed E-state index contributed by atoms with van der Waals surface area (Å²) in [6.45, 7) is 9.77. The minimum Gasteiger partial charge on any atom is -0.490 e. The molecule has 2 fully saturated rings. The SMILES string of the molecule is C.CN(C)C1(C)CNC1.C[C@@H]1[C@@H](C)C/C=C/C(=O)[C@@H]2CC[C@H]2CN2C[C@@]3(CCCc4cc(Cl)ccc43)COc3ccc(cc32)C(=O)NS1(=O)=O. The van der Waals surface area contributed by atoms with E-state index in [0.717, 1.165) is 55.9 Å². The molecular weight excluding hydrogens is 672 g/mol. The Balaban J connectivity index is 0.000000477. The number of ketones is 1. The molecule has 0 radical (unpaired) electrons. The number of ether oxygens (including phenoxy) is 1. The number of carbonyl (C=O) groups is 2. The maximum atomic E-state index is 13.3. The molecule has 11 heteroatoms. The van der Waals surface area contributed by atoms with Crippen molar-refractivity contribution in [3.8, 4) is 5.75 Å². The van der Waals surface area contributed by atoms with Gasteiger partial charge < -0.3 is 19.9 Å². The number of rotatable bonds is 1. The monoisotopic (exact) mass is 726 g/mol. The maximum absolute atomic E-state index is 13.3. The van der Waals surface area contributed by atoms with Crippen molar-refractivity contribution in [3.63, 3.8) is 0 Å². The second-order valence-electron chi connectivity index (χ2n) is 15.4. The second kappa shape index (κ2) is 15.0. The van der Waals surface area contributed by atoms with Gasteiger partial charge in [-0.15, -0.1) is 0 Å². The molecule has 1 saturated carbocycles. The topological polar surface area (TPSA) is 108 Å². The van der Waals surface area contributed by atoms with Crippen LogP contribution in [0, 0.1) is 17.8 Å². The molecule has 9 nitrogen and oxygen atoms in total. The summed E-state index contributed by atoms with van der Waals surface area (Å²) < 4.78 is 35.0. The van der Waals surface area contributed by atoms with Crippen molar-refractivity contribution in [3.05, 3.63) is 70.3 Å². The van der Waals surface area contributed by atoms with Crippen LogP contribution in [-0.4, -0.2) is 82.7 Å². The van der Waals surface area contributed by atoms with E-state index in [9.17, 15) is 18.0 Å². The standard InChI is InChI=1S/C32H37ClN2O5S.C6H14N2.CH4/c1-20-5-3-7-29(36)26-11-8-24(26)17-35-18-32(14-4-6-22-15-25(33)10-12-27(22)32)19-40-30-13-9-23(16-28(30)35)31(37)34-41(38,39)21(20)2;1-6(8(2)3)4-7-5-6;/h3,7,9-10,12-13,15-16,20-21,24,26H,4-6,8,11,14,17-19H2,1-2H3,(H,34,37);7H,4-5H2,1-3H3;1H4/b7-3+;;/t20-,21+,24-,26+,32-;;/m0../s1. The van der Waals surface area contributed by atoms with Crippen LogP contribution in [-0.2, 0) is 26.7 Å². The number of fused-ring (bicyclic) bond motifs is 4. The Hall–Kier alpha value is -2.92. The van der Waals surface area contributed by atoms with Crippen LogP contribution in [0.1, 0.15) is 81.8 Å².